The highest BCUT2D eigenvalue weighted by molar-refractivity contribution is 6.02. The number of Topliss-reactive ketones (excluding diaryl/α,β-unsaturated/α-hetero) is 1. The smallest absolute Gasteiger partial charge is 0.339 e. The van der Waals surface area contributed by atoms with E-state index in [1.54, 1.807) is 13.8 Å². The summed E-state index contributed by atoms with van der Waals surface area (Å²) < 4.78 is 4.85. The summed E-state index contributed by atoms with van der Waals surface area (Å²) in [6, 6.07) is 9.05. The van der Waals surface area contributed by atoms with Gasteiger partial charge in [-0.25, -0.2) is 4.79 Å². The number of aromatic nitrogens is 1. The summed E-state index contributed by atoms with van der Waals surface area (Å²) in [6.07, 6.45) is 6.62. The quantitative estimate of drug-likeness (QED) is 0.425. The number of rotatable bonds is 8. The number of H-pyrrole nitrogens is 1. The van der Waals surface area contributed by atoms with Crippen molar-refractivity contribution in [3.8, 4) is 0 Å². The van der Waals surface area contributed by atoms with Gasteiger partial charge < -0.3 is 15.0 Å². The minimum atomic E-state index is -0.420. The van der Waals surface area contributed by atoms with Crippen molar-refractivity contribution in [3.63, 3.8) is 0 Å². The molecule has 3 rings (SSSR count). The fraction of sp³-hybridized carbons (Fsp3) is 0.538. The van der Waals surface area contributed by atoms with Crippen molar-refractivity contribution in [3.05, 3.63) is 57.9 Å². The molecule has 0 bridgehead atoms. The van der Waals surface area contributed by atoms with Crippen molar-refractivity contribution < 1.29 is 14.3 Å². The van der Waals surface area contributed by atoms with Gasteiger partial charge in [0, 0.05) is 11.7 Å². The topological polar surface area (TPSA) is 71.2 Å². The lowest BCUT2D eigenvalue weighted by Gasteiger charge is -2.25. The third-order valence-corrected chi connectivity index (χ3v) is 6.63. The zero-order chi connectivity index (χ0) is 22.5. The molecular formula is C26H36N2O3. The largest absolute Gasteiger partial charge is 0.465 e. The first-order valence-corrected chi connectivity index (χ1v) is 11.5. The number of ketones is 1. The number of esters is 1. The van der Waals surface area contributed by atoms with Gasteiger partial charge in [0.25, 0.3) is 0 Å². The van der Waals surface area contributed by atoms with Gasteiger partial charge in [0.05, 0.1) is 24.9 Å². The van der Waals surface area contributed by atoms with Crippen LogP contribution in [0.15, 0.2) is 24.3 Å². The van der Waals surface area contributed by atoms with E-state index in [0.717, 1.165) is 0 Å². The molecule has 1 saturated carbocycles. The number of carbonyl (C=O) groups is 2. The first-order chi connectivity index (χ1) is 14.8. The maximum absolute atomic E-state index is 12.9. The van der Waals surface area contributed by atoms with E-state index < -0.39 is 5.97 Å². The SMILES string of the molecule is COC(=O)c1c(C)[nH]c(C(=O)CN[C@@H](c2ccc(C3CCCCC3)cc2)C(C)C)c1C. The molecule has 0 amide bonds. The van der Waals surface area contributed by atoms with Crippen LogP contribution in [0.4, 0.5) is 0 Å². The summed E-state index contributed by atoms with van der Waals surface area (Å²) in [5.74, 6) is 0.556. The van der Waals surface area contributed by atoms with E-state index >= 15 is 0 Å². The Morgan fingerprint density at radius 3 is 2.32 bits per heavy atom. The Kier molecular flexibility index (Phi) is 7.71. The molecule has 0 unspecified atom stereocenters. The van der Waals surface area contributed by atoms with Gasteiger partial charge in [0.1, 0.15) is 0 Å². The Balaban J connectivity index is 1.70. The lowest BCUT2D eigenvalue weighted by Crippen LogP contribution is -2.31. The van der Waals surface area contributed by atoms with Crippen LogP contribution in [0, 0.1) is 19.8 Å². The van der Waals surface area contributed by atoms with Crippen molar-refractivity contribution in [1.82, 2.24) is 10.3 Å². The molecule has 31 heavy (non-hydrogen) atoms. The van der Waals surface area contributed by atoms with Gasteiger partial charge in [-0.3, -0.25) is 4.79 Å². The molecule has 1 heterocycles. The van der Waals surface area contributed by atoms with Gasteiger partial charge >= 0.3 is 5.97 Å². The van der Waals surface area contributed by atoms with Crippen LogP contribution in [0.25, 0.3) is 0 Å². The molecule has 0 aliphatic heterocycles. The zero-order valence-electron chi connectivity index (χ0n) is 19.5. The maximum atomic E-state index is 12.9. The van der Waals surface area contributed by atoms with E-state index in [9.17, 15) is 9.59 Å². The predicted molar refractivity (Wildman–Crippen MR) is 124 cm³/mol. The minimum Gasteiger partial charge on any atom is -0.465 e. The fourth-order valence-electron chi connectivity index (χ4n) is 4.88. The normalized spacial score (nSPS) is 15.8. The molecule has 1 aromatic carbocycles. The Bertz CT molecular complexity index is 905. The molecule has 5 heteroatoms. The van der Waals surface area contributed by atoms with Gasteiger partial charge in [-0.1, -0.05) is 57.4 Å². The molecule has 5 nitrogen and oxygen atoms in total. The average Bonchev–Trinajstić information content (AvgIpc) is 3.08. The molecule has 0 spiro atoms. The van der Waals surface area contributed by atoms with E-state index in [2.05, 4.69) is 48.4 Å². The van der Waals surface area contributed by atoms with E-state index in [1.807, 2.05) is 0 Å². The van der Waals surface area contributed by atoms with Crippen LogP contribution >= 0.6 is 0 Å². The van der Waals surface area contributed by atoms with Crippen LogP contribution in [0.1, 0.15) is 101 Å². The highest BCUT2D eigenvalue weighted by Crippen LogP contribution is 2.33. The number of aromatic amines is 1. The lowest BCUT2D eigenvalue weighted by molar-refractivity contribution is 0.0599. The van der Waals surface area contributed by atoms with Crippen molar-refractivity contribution in [1.29, 1.82) is 0 Å². The molecule has 2 aromatic rings. The maximum Gasteiger partial charge on any atom is 0.339 e. The van der Waals surface area contributed by atoms with Crippen LogP contribution in [0.5, 0.6) is 0 Å². The third kappa shape index (κ3) is 5.27. The van der Waals surface area contributed by atoms with Crippen molar-refractivity contribution in [2.75, 3.05) is 13.7 Å². The number of aryl methyl sites for hydroxylation is 1. The number of ether oxygens (including phenoxy) is 1. The number of nitrogens with one attached hydrogen (secondary N) is 2. The minimum absolute atomic E-state index is 0.0553. The first kappa shape index (κ1) is 23.3. The van der Waals surface area contributed by atoms with Crippen LogP contribution in [0.2, 0.25) is 0 Å². The van der Waals surface area contributed by atoms with Crippen LogP contribution in [0.3, 0.4) is 0 Å². The number of benzene rings is 1. The Labute approximate surface area is 186 Å². The second kappa shape index (κ2) is 10.3. The van der Waals surface area contributed by atoms with Gasteiger partial charge in [-0.2, -0.15) is 0 Å². The van der Waals surface area contributed by atoms with E-state index in [0.29, 0.717) is 34.4 Å². The van der Waals surface area contributed by atoms with Gasteiger partial charge in [-0.15, -0.1) is 0 Å². The fourth-order valence-corrected chi connectivity index (χ4v) is 4.88. The van der Waals surface area contributed by atoms with Crippen molar-refractivity contribution in [2.45, 2.75) is 71.8 Å². The average molecular weight is 425 g/mol. The van der Waals surface area contributed by atoms with E-state index in [-0.39, 0.29) is 18.4 Å². The predicted octanol–water partition coefficient (Wildman–Crippen LogP) is 5.64. The summed E-state index contributed by atoms with van der Waals surface area (Å²) in [6.45, 7) is 8.10. The highest BCUT2D eigenvalue weighted by Gasteiger charge is 2.24. The van der Waals surface area contributed by atoms with Crippen LogP contribution in [-0.4, -0.2) is 30.4 Å². The summed E-state index contributed by atoms with van der Waals surface area (Å²) in [5.41, 5.74) is 4.87. The molecule has 168 valence electrons. The second-order valence-electron chi connectivity index (χ2n) is 9.14. The van der Waals surface area contributed by atoms with E-state index in [4.69, 9.17) is 4.74 Å². The molecule has 1 fully saturated rings. The zero-order valence-corrected chi connectivity index (χ0v) is 19.5. The number of carbonyl (C=O) groups excluding carboxylic acids is 2. The third-order valence-electron chi connectivity index (χ3n) is 6.63. The molecule has 1 aliphatic carbocycles. The summed E-state index contributed by atoms with van der Waals surface area (Å²) in [5, 5.41) is 3.45. The molecular weight excluding hydrogens is 388 g/mol. The van der Waals surface area contributed by atoms with Crippen molar-refractivity contribution >= 4 is 11.8 Å². The molecule has 1 atom stereocenters. The summed E-state index contributed by atoms with van der Waals surface area (Å²) in [7, 11) is 1.35. The summed E-state index contributed by atoms with van der Waals surface area (Å²) in [4.78, 5) is 28.0. The lowest BCUT2D eigenvalue weighted by atomic mass is 9.83. The molecule has 2 N–H and O–H groups in total. The Hall–Kier alpha value is -2.40. The van der Waals surface area contributed by atoms with Crippen molar-refractivity contribution in [2.24, 2.45) is 5.92 Å². The Morgan fingerprint density at radius 2 is 1.74 bits per heavy atom. The van der Waals surface area contributed by atoms with Gasteiger partial charge in [0.15, 0.2) is 5.78 Å². The standard InChI is InChI=1S/C26H36N2O3/c1-16(2)24(21-13-11-20(12-14-21)19-9-7-6-8-10-19)27-15-22(29)25-17(3)23(18(4)28-25)26(30)31-5/h11-14,16,19,24,27-28H,6-10,15H2,1-5H3/t24-/m1/s1. The molecule has 0 radical (unpaired) electrons. The number of hydrogen-bond donors (Lipinski definition) is 2. The monoisotopic (exact) mass is 424 g/mol. The van der Waals surface area contributed by atoms with Crippen LogP contribution in [-0.2, 0) is 4.74 Å². The van der Waals surface area contributed by atoms with E-state index in [1.165, 1.54) is 50.3 Å². The number of hydrogen-bond acceptors (Lipinski definition) is 4. The van der Waals surface area contributed by atoms with Crippen LogP contribution < -0.4 is 5.32 Å². The molecule has 0 saturated heterocycles. The second-order valence-corrected chi connectivity index (χ2v) is 9.14. The number of methoxy groups -OCH3 is 1. The molecule has 1 aromatic heterocycles. The van der Waals surface area contributed by atoms with Gasteiger partial charge in [0.2, 0.25) is 0 Å². The molecule has 1 aliphatic rings. The van der Waals surface area contributed by atoms with Gasteiger partial charge in [-0.05, 0) is 55.2 Å². The highest BCUT2D eigenvalue weighted by atomic mass is 16.5. The summed E-state index contributed by atoms with van der Waals surface area (Å²) >= 11 is 0. The Morgan fingerprint density at radius 1 is 1.10 bits per heavy atom. The first-order valence-electron chi connectivity index (χ1n) is 11.5.